The molecule has 29 heavy (non-hydrogen) atoms. The van der Waals surface area contributed by atoms with Gasteiger partial charge in [0.25, 0.3) is 0 Å². The molecule has 1 aliphatic carbocycles. The van der Waals surface area contributed by atoms with Crippen molar-refractivity contribution in [1.29, 1.82) is 0 Å². The molecule has 1 atom stereocenters. The highest BCUT2D eigenvalue weighted by molar-refractivity contribution is 5.79. The number of aromatic nitrogens is 1. The second-order valence-electron chi connectivity index (χ2n) is 9.57. The number of piperidine rings is 2. The maximum Gasteiger partial charge on any atom is 0.226 e. The molecule has 0 bridgehead atoms. The first-order chi connectivity index (χ1) is 14.2. The van der Waals surface area contributed by atoms with Gasteiger partial charge in [-0.25, -0.2) is 0 Å². The molecule has 160 valence electrons. The van der Waals surface area contributed by atoms with Gasteiger partial charge in [-0.1, -0.05) is 18.9 Å². The molecule has 5 heteroatoms. The third-order valence-corrected chi connectivity index (χ3v) is 7.39. The summed E-state index contributed by atoms with van der Waals surface area (Å²) in [6.45, 7) is 6.42. The summed E-state index contributed by atoms with van der Waals surface area (Å²) in [6, 6.07) is 4.84. The zero-order chi connectivity index (χ0) is 20.1. The Hall–Kier alpha value is -1.46. The Bertz CT molecular complexity index is 638. The normalized spacial score (nSPS) is 25.3. The Labute approximate surface area is 176 Å². The first-order valence-corrected chi connectivity index (χ1v) is 11.8. The van der Waals surface area contributed by atoms with Gasteiger partial charge in [0.2, 0.25) is 5.91 Å². The summed E-state index contributed by atoms with van der Waals surface area (Å²) < 4.78 is 0. The third kappa shape index (κ3) is 5.58. The quantitative estimate of drug-likeness (QED) is 0.736. The van der Waals surface area contributed by atoms with Crippen LogP contribution in [0.25, 0.3) is 0 Å². The average Bonchev–Trinajstić information content (AvgIpc) is 3.27. The van der Waals surface area contributed by atoms with Gasteiger partial charge in [-0.15, -0.1) is 0 Å². The Morgan fingerprint density at radius 2 is 1.90 bits per heavy atom. The summed E-state index contributed by atoms with van der Waals surface area (Å²) >= 11 is 0. The number of pyridine rings is 1. The fraction of sp³-hybridized carbons (Fsp3) is 0.750. The smallest absolute Gasteiger partial charge is 0.226 e. The fourth-order valence-electron chi connectivity index (χ4n) is 5.71. The van der Waals surface area contributed by atoms with E-state index in [4.69, 9.17) is 0 Å². The van der Waals surface area contributed by atoms with Crippen molar-refractivity contribution in [2.24, 2.45) is 11.8 Å². The molecule has 1 aromatic heterocycles. The van der Waals surface area contributed by atoms with E-state index in [1.165, 1.54) is 57.1 Å². The van der Waals surface area contributed by atoms with Crippen molar-refractivity contribution < 1.29 is 4.79 Å². The van der Waals surface area contributed by atoms with Crippen LogP contribution in [0.3, 0.4) is 0 Å². The number of likely N-dealkylation sites (tertiary alicyclic amines) is 2. The van der Waals surface area contributed by atoms with Gasteiger partial charge < -0.3 is 4.90 Å². The summed E-state index contributed by atoms with van der Waals surface area (Å²) in [6.07, 6.45) is 13.8. The summed E-state index contributed by atoms with van der Waals surface area (Å²) in [5.41, 5.74) is 1.31. The van der Waals surface area contributed by atoms with E-state index in [-0.39, 0.29) is 5.92 Å². The van der Waals surface area contributed by atoms with Crippen molar-refractivity contribution in [2.45, 2.75) is 64.0 Å². The topological polar surface area (TPSA) is 39.7 Å². The molecule has 4 rings (SSSR count). The van der Waals surface area contributed by atoms with Crippen LogP contribution < -0.4 is 0 Å². The van der Waals surface area contributed by atoms with E-state index in [1.807, 2.05) is 25.5 Å². The maximum atomic E-state index is 13.1. The van der Waals surface area contributed by atoms with Crippen molar-refractivity contribution in [3.05, 3.63) is 30.1 Å². The van der Waals surface area contributed by atoms with Crippen molar-refractivity contribution in [1.82, 2.24) is 19.7 Å². The van der Waals surface area contributed by atoms with Crippen molar-refractivity contribution in [3.8, 4) is 0 Å². The molecular weight excluding hydrogens is 360 g/mol. The predicted octanol–water partition coefficient (Wildman–Crippen LogP) is 3.41. The fourth-order valence-corrected chi connectivity index (χ4v) is 5.71. The second kappa shape index (κ2) is 10.0. The number of nitrogens with zero attached hydrogens (tertiary/aromatic N) is 4. The monoisotopic (exact) mass is 398 g/mol. The van der Waals surface area contributed by atoms with Crippen molar-refractivity contribution in [2.75, 3.05) is 39.8 Å². The number of hydrogen-bond donors (Lipinski definition) is 0. The van der Waals surface area contributed by atoms with Crippen LogP contribution in [0.5, 0.6) is 0 Å². The number of carbonyl (C=O) groups is 1. The van der Waals surface area contributed by atoms with Crippen LogP contribution in [0.2, 0.25) is 0 Å². The zero-order valence-corrected chi connectivity index (χ0v) is 18.1. The molecule has 1 amide bonds. The number of carbonyl (C=O) groups excluding carboxylic acids is 1. The van der Waals surface area contributed by atoms with Crippen LogP contribution >= 0.6 is 0 Å². The Morgan fingerprint density at radius 3 is 2.62 bits per heavy atom. The number of rotatable bonds is 6. The molecule has 0 unspecified atom stereocenters. The van der Waals surface area contributed by atoms with Gasteiger partial charge in [-0.2, -0.15) is 0 Å². The predicted molar refractivity (Wildman–Crippen MR) is 116 cm³/mol. The maximum absolute atomic E-state index is 13.1. The zero-order valence-electron chi connectivity index (χ0n) is 18.1. The Balaban J connectivity index is 1.24. The Morgan fingerprint density at radius 1 is 1.10 bits per heavy atom. The largest absolute Gasteiger partial charge is 0.345 e. The lowest BCUT2D eigenvalue weighted by molar-refractivity contribution is -0.137. The standard InChI is InChI=1S/C24H38N4O/c1-26(17-20-6-2-3-7-20)24(29)22-9-5-13-28(19-22)23-10-14-27(15-11-23)18-21-8-4-12-25-16-21/h4,8,12,16,20,22-23H,2-3,5-7,9-11,13-15,17-19H2,1H3/t22-/m0/s1. The van der Waals surface area contributed by atoms with Crippen LogP contribution in [0.15, 0.2) is 24.5 Å². The van der Waals surface area contributed by atoms with E-state index in [1.54, 1.807) is 0 Å². The van der Waals surface area contributed by atoms with Gasteiger partial charge in [0, 0.05) is 45.1 Å². The van der Waals surface area contributed by atoms with Crippen molar-refractivity contribution in [3.63, 3.8) is 0 Å². The minimum Gasteiger partial charge on any atom is -0.345 e. The van der Waals surface area contributed by atoms with Crippen LogP contribution in [0.4, 0.5) is 0 Å². The number of hydrogen-bond acceptors (Lipinski definition) is 4. The average molecular weight is 399 g/mol. The molecule has 0 radical (unpaired) electrons. The highest BCUT2D eigenvalue weighted by atomic mass is 16.2. The lowest BCUT2D eigenvalue weighted by Gasteiger charge is -2.42. The first-order valence-electron chi connectivity index (χ1n) is 11.8. The molecule has 0 spiro atoms. The van der Waals surface area contributed by atoms with E-state index in [0.29, 0.717) is 11.9 Å². The molecule has 3 aliphatic rings. The van der Waals surface area contributed by atoms with E-state index in [2.05, 4.69) is 25.8 Å². The SMILES string of the molecule is CN(CC1CCCC1)C(=O)[C@H]1CCCN(C2CCN(Cc3cccnc3)CC2)C1. The molecule has 0 N–H and O–H groups in total. The van der Waals surface area contributed by atoms with E-state index >= 15 is 0 Å². The van der Waals surface area contributed by atoms with Gasteiger partial charge in [-0.3, -0.25) is 19.6 Å². The third-order valence-electron chi connectivity index (χ3n) is 7.39. The van der Waals surface area contributed by atoms with Crippen LogP contribution in [0, 0.1) is 11.8 Å². The van der Waals surface area contributed by atoms with Gasteiger partial charge in [0.15, 0.2) is 0 Å². The molecule has 2 aliphatic heterocycles. The van der Waals surface area contributed by atoms with Crippen LogP contribution in [-0.2, 0) is 11.3 Å². The highest BCUT2D eigenvalue weighted by Crippen LogP contribution is 2.28. The molecule has 3 heterocycles. The molecule has 3 fully saturated rings. The lowest BCUT2D eigenvalue weighted by atomic mass is 9.92. The second-order valence-corrected chi connectivity index (χ2v) is 9.57. The molecule has 0 aromatic carbocycles. The highest BCUT2D eigenvalue weighted by Gasteiger charge is 2.33. The summed E-state index contributed by atoms with van der Waals surface area (Å²) in [7, 11) is 2.04. The molecule has 2 saturated heterocycles. The van der Waals surface area contributed by atoms with E-state index in [0.717, 1.165) is 45.1 Å². The van der Waals surface area contributed by atoms with Crippen LogP contribution in [-0.4, -0.2) is 71.4 Å². The van der Waals surface area contributed by atoms with E-state index < -0.39 is 0 Å². The molecule has 1 saturated carbocycles. The summed E-state index contributed by atoms with van der Waals surface area (Å²) in [5.74, 6) is 1.35. The minimum absolute atomic E-state index is 0.212. The molecule has 5 nitrogen and oxygen atoms in total. The van der Waals surface area contributed by atoms with Gasteiger partial charge in [0.05, 0.1) is 5.92 Å². The van der Waals surface area contributed by atoms with Gasteiger partial charge in [-0.05, 0) is 75.7 Å². The van der Waals surface area contributed by atoms with Crippen molar-refractivity contribution >= 4 is 5.91 Å². The lowest BCUT2D eigenvalue weighted by Crippen LogP contribution is -2.51. The summed E-state index contributed by atoms with van der Waals surface area (Å²) in [4.78, 5) is 24.5. The van der Waals surface area contributed by atoms with E-state index in [9.17, 15) is 4.79 Å². The van der Waals surface area contributed by atoms with Gasteiger partial charge >= 0.3 is 0 Å². The minimum atomic E-state index is 0.212. The molecular formula is C24H38N4O. The molecule has 1 aromatic rings. The van der Waals surface area contributed by atoms with Gasteiger partial charge in [0.1, 0.15) is 0 Å². The summed E-state index contributed by atoms with van der Waals surface area (Å²) in [5, 5.41) is 0. The van der Waals surface area contributed by atoms with Crippen LogP contribution in [0.1, 0.15) is 56.9 Å². The Kier molecular flexibility index (Phi) is 7.20. The number of amides is 1. The first kappa shape index (κ1) is 20.8.